The first-order valence-electron chi connectivity index (χ1n) is 25.0. The number of hydrogen-bond donors (Lipinski definition) is 4. The minimum Gasteiger partial charge on any atom is -0.457 e. The standard InChI is InChI=1S/C51H90O12S/c1-3-5-7-9-11-13-15-17-19-20-21-22-23-24-25-26-27-28-30-32-34-36-38-40-47(53)61-45(43-59-41-39-37-35-33-31-29-18-16-14-12-10-8-6-4-2)44-60-51-49(55)50(63-64(56,57)58)48(54)46(42-52)62-51/h8,10,14-17,20-21,23-24,45-46,48-52,54-55H,3-7,9,11-13,18-19,22,25-44H2,1-2H3,(H,56,57,58)/b10-8-,16-14-,17-15-,21-20-,24-23-. The molecule has 372 valence electrons. The van der Waals surface area contributed by atoms with Crippen LogP contribution in [0.25, 0.3) is 0 Å². The average molecular weight is 927 g/mol. The number of unbranched alkanes of at least 4 members (excludes halogenated alkanes) is 20. The Morgan fingerprint density at radius 1 is 0.594 bits per heavy atom. The molecule has 1 saturated heterocycles. The number of hydrogen-bond acceptors (Lipinski definition) is 11. The molecule has 0 bridgehead atoms. The van der Waals surface area contributed by atoms with Gasteiger partial charge in [-0.2, -0.15) is 8.42 Å². The second-order valence-electron chi connectivity index (χ2n) is 17.0. The fourth-order valence-electron chi connectivity index (χ4n) is 7.31. The van der Waals surface area contributed by atoms with Crippen LogP contribution >= 0.6 is 0 Å². The number of carbonyl (C=O) groups is 1. The highest BCUT2D eigenvalue weighted by molar-refractivity contribution is 7.80. The van der Waals surface area contributed by atoms with E-state index in [1.165, 1.54) is 83.5 Å². The first kappa shape index (κ1) is 59.8. The molecule has 0 amide bonds. The highest BCUT2D eigenvalue weighted by Gasteiger charge is 2.48. The number of rotatable bonds is 43. The SMILES string of the molecule is CCC/C=C\C/C=C\CCCCCCCCOCC(COC1OC(CO)C(O)C(OS(=O)(=O)O)C1O)OC(=O)CCCCCCCCCC/C=C\C/C=C\C/C=C\CCCCCCC. The normalized spacial score (nSPS) is 20.2. The van der Waals surface area contributed by atoms with Crippen molar-refractivity contribution in [2.24, 2.45) is 0 Å². The topological polar surface area (TPSA) is 178 Å². The lowest BCUT2D eigenvalue weighted by atomic mass is 9.99. The van der Waals surface area contributed by atoms with E-state index >= 15 is 0 Å². The molecule has 1 fully saturated rings. The van der Waals surface area contributed by atoms with E-state index in [2.05, 4.69) is 78.8 Å². The molecule has 0 aromatic rings. The summed E-state index contributed by atoms with van der Waals surface area (Å²) in [5, 5.41) is 30.7. The number of esters is 1. The minimum absolute atomic E-state index is 0.0234. The van der Waals surface area contributed by atoms with Crippen molar-refractivity contribution in [2.45, 2.75) is 230 Å². The van der Waals surface area contributed by atoms with E-state index in [0.29, 0.717) is 13.0 Å². The molecule has 6 atom stereocenters. The van der Waals surface area contributed by atoms with Crippen LogP contribution in [0.2, 0.25) is 0 Å². The van der Waals surface area contributed by atoms with E-state index in [1.807, 2.05) is 0 Å². The molecule has 0 radical (unpaired) electrons. The monoisotopic (exact) mass is 927 g/mol. The van der Waals surface area contributed by atoms with Gasteiger partial charge >= 0.3 is 16.4 Å². The van der Waals surface area contributed by atoms with Crippen LogP contribution in [0.5, 0.6) is 0 Å². The third-order valence-electron chi connectivity index (χ3n) is 11.1. The van der Waals surface area contributed by atoms with E-state index in [0.717, 1.165) is 83.5 Å². The molecular formula is C51H90O12S. The Kier molecular flexibility index (Phi) is 39.4. The van der Waals surface area contributed by atoms with E-state index in [4.69, 9.17) is 18.9 Å². The lowest BCUT2D eigenvalue weighted by Gasteiger charge is -2.41. The molecule has 0 aliphatic carbocycles. The van der Waals surface area contributed by atoms with Crippen molar-refractivity contribution in [1.82, 2.24) is 0 Å². The van der Waals surface area contributed by atoms with Crippen molar-refractivity contribution in [3.63, 3.8) is 0 Å². The molecule has 64 heavy (non-hydrogen) atoms. The van der Waals surface area contributed by atoms with Gasteiger partial charge in [0.15, 0.2) is 6.29 Å². The number of ether oxygens (including phenoxy) is 4. The molecule has 12 nitrogen and oxygen atoms in total. The Morgan fingerprint density at radius 3 is 1.56 bits per heavy atom. The lowest BCUT2D eigenvalue weighted by molar-refractivity contribution is -0.301. The molecule has 4 N–H and O–H groups in total. The zero-order valence-corrected chi connectivity index (χ0v) is 40.6. The van der Waals surface area contributed by atoms with Crippen molar-refractivity contribution >= 4 is 16.4 Å². The van der Waals surface area contributed by atoms with Gasteiger partial charge in [-0.05, 0) is 77.0 Å². The lowest BCUT2D eigenvalue weighted by Crippen LogP contribution is -2.60. The maximum atomic E-state index is 12.9. The molecule has 1 aliphatic heterocycles. The van der Waals surface area contributed by atoms with Crippen molar-refractivity contribution in [2.75, 3.05) is 26.4 Å². The van der Waals surface area contributed by atoms with Crippen LogP contribution in [0, 0.1) is 0 Å². The third kappa shape index (κ3) is 35.1. The average Bonchev–Trinajstić information content (AvgIpc) is 3.27. The molecule has 13 heteroatoms. The van der Waals surface area contributed by atoms with E-state index in [9.17, 15) is 33.1 Å². The number of carbonyl (C=O) groups excluding carboxylic acids is 1. The van der Waals surface area contributed by atoms with Gasteiger partial charge in [0, 0.05) is 13.0 Å². The summed E-state index contributed by atoms with van der Waals surface area (Å²) in [5.41, 5.74) is 0. The minimum atomic E-state index is -5.07. The van der Waals surface area contributed by atoms with E-state index < -0.39 is 59.8 Å². The van der Waals surface area contributed by atoms with Crippen molar-refractivity contribution < 1.29 is 56.2 Å². The Labute approximate surface area is 388 Å². The second-order valence-corrected chi connectivity index (χ2v) is 18.1. The zero-order valence-electron chi connectivity index (χ0n) is 39.8. The molecule has 0 aromatic carbocycles. The van der Waals surface area contributed by atoms with Gasteiger partial charge in [-0.25, -0.2) is 4.18 Å². The van der Waals surface area contributed by atoms with Crippen LogP contribution < -0.4 is 0 Å². The van der Waals surface area contributed by atoms with Crippen molar-refractivity contribution in [1.29, 1.82) is 0 Å². The number of aliphatic hydroxyl groups excluding tert-OH is 3. The van der Waals surface area contributed by atoms with Crippen molar-refractivity contribution in [3.8, 4) is 0 Å². The van der Waals surface area contributed by atoms with Crippen LogP contribution in [0.1, 0.15) is 194 Å². The van der Waals surface area contributed by atoms with Crippen LogP contribution in [0.3, 0.4) is 0 Å². The first-order chi connectivity index (χ1) is 31.1. The summed E-state index contributed by atoms with van der Waals surface area (Å²) in [6, 6.07) is 0. The predicted molar refractivity (Wildman–Crippen MR) is 257 cm³/mol. The van der Waals surface area contributed by atoms with E-state index in [1.54, 1.807) is 0 Å². The fourth-order valence-corrected chi connectivity index (χ4v) is 7.81. The van der Waals surface area contributed by atoms with Crippen LogP contribution in [-0.4, -0.2) is 97.5 Å². The van der Waals surface area contributed by atoms with Crippen LogP contribution in [0.4, 0.5) is 0 Å². The smallest absolute Gasteiger partial charge is 0.397 e. The molecule has 0 saturated carbocycles. The number of aliphatic hydroxyl groups is 3. The van der Waals surface area contributed by atoms with Crippen molar-refractivity contribution in [3.05, 3.63) is 60.8 Å². The Hall–Kier alpha value is -2.20. The highest BCUT2D eigenvalue weighted by Crippen LogP contribution is 2.26. The molecular weight excluding hydrogens is 837 g/mol. The first-order valence-corrected chi connectivity index (χ1v) is 26.4. The summed E-state index contributed by atoms with van der Waals surface area (Å²) in [4.78, 5) is 12.9. The summed E-state index contributed by atoms with van der Waals surface area (Å²) in [6.45, 7) is 3.88. The molecule has 1 aliphatic rings. The third-order valence-corrected chi connectivity index (χ3v) is 11.6. The quantitative estimate of drug-likeness (QED) is 0.0197. The van der Waals surface area contributed by atoms with Gasteiger partial charge in [0.1, 0.15) is 30.5 Å². The van der Waals surface area contributed by atoms with E-state index in [-0.39, 0.29) is 19.6 Å². The van der Waals surface area contributed by atoms with Gasteiger partial charge in [0.05, 0.1) is 19.8 Å². The second kappa shape index (κ2) is 42.2. The van der Waals surface area contributed by atoms with Crippen LogP contribution in [-0.2, 0) is 38.3 Å². The summed E-state index contributed by atoms with van der Waals surface area (Å²) in [7, 11) is -5.07. The summed E-state index contributed by atoms with van der Waals surface area (Å²) >= 11 is 0. The maximum absolute atomic E-state index is 12.9. The summed E-state index contributed by atoms with van der Waals surface area (Å²) in [5.74, 6) is -0.412. The van der Waals surface area contributed by atoms with Crippen LogP contribution in [0.15, 0.2) is 60.8 Å². The van der Waals surface area contributed by atoms with Gasteiger partial charge in [-0.15, -0.1) is 0 Å². The Balaban J connectivity index is 2.37. The molecule has 1 heterocycles. The van der Waals surface area contributed by atoms with Gasteiger partial charge in [0.2, 0.25) is 0 Å². The summed E-state index contributed by atoms with van der Waals surface area (Å²) in [6.07, 6.45) is 43.9. The number of allylic oxidation sites excluding steroid dienone is 10. The summed E-state index contributed by atoms with van der Waals surface area (Å²) < 4.78 is 59.2. The fraction of sp³-hybridized carbons (Fsp3) is 0.784. The highest BCUT2D eigenvalue weighted by atomic mass is 32.3. The molecule has 0 spiro atoms. The predicted octanol–water partition coefficient (Wildman–Crippen LogP) is 11.3. The molecule has 1 rings (SSSR count). The Morgan fingerprint density at radius 2 is 1.06 bits per heavy atom. The van der Waals surface area contributed by atoms with Gasteiger partial charge < -0.3 is 34.3 Å². The van der Waals surface area contributed by atoms with Gasteiger partial charge in [-0.3, -0.25) is 9.35 Å². The molecule has 0 aromatic heterocycles. The maximum Gasteiger partial charge on any atom is 0.397 e. The largest absolute Gasteiger partial charge is 0.457 e. The van der Waals surface area contributed by atoms with Gasteiger partial charge in [-0.1, -0.05) is 171 Å². The van der Waals surface area contributed by atoms with Gasteiger partial charge in [0.25, 0.3) is 0 Å². The Bertz CT molecular complexity index is 1350. The molecule has 6 unspecified atom stereocenters. The zero-order chi connectivity index (χ0) is 46.8.